The van der Waals surface area contributed by atoms with Crippen LogP contribution in [-0.4, -0.2) is 43.5 Å². The number of benzene rings is 3. The third-order valence-electron chi connectivity index (χ3n) is 6.00. The van der Waals surface area contributed by atoms with E-state index < -0.39 is 21.6 Å². The highest BCUT2D eigenvalue weighted by Crippen LogP contribution is 2.32. The molecule has 0 aliphatic carbocycles. The summed E-state index contributed by atoms with van der Waals surface area (Å²) in [5, 5.41) is 76.6. The fraction of sp³-hybridized carbons (Fsp3) is 0.120. The Hall–Kier alpha value is -4.42. The molecule has 3 atom stereocenters. The van der Waals surface area contributed by atoms with Crippen LogP contribution >= 0.6 is 0 Å². The van der Waals surface area contributed by atoms with Gasteiger partial charge in [-0.3, -0.25) is 4.79 Å². The fourth-order valence-corrected chi connectivity index (χ4v) is 4.04. The minimum Gasteiger partial charge on any atom is -0.595 e. The molecular weight excluding hydrogens is 528 g/mol. The third-order valence-corrected chi connectivity index (χ3v) is 6.00. The van der Waals surface area contributed by atoms with Gasteiger partial charge in [-0.15, -0.1) is 0 Å². The van der Waals surface area contributed by atoms with Gasteiger partial charge >= 0.3 is 0 Å². The van der Waals surface area contributed by atoms with Gasteiger partial charge < -0.3 is 30.8 Å². The average Bonchev–Trinajstić information content (AvgIpc) is 3.36. The number of quaternary nitrogens is 3. The molecule has 3 unspecified atom stereocenters. The Morgan fingerprint density at radius 2 is 1.68 bits per heavy atom. The van der Waals surface area contributed by atoms with Crippen LogP contribution < -0.4 is 25.7 Å². The van der Waals surface area contributed by atoms with Crippen molar-refractivity contribution in [1.82, 2.24) is 9.78 Å². The first kappa shape index (κ1) is 28.6. The van der Waals surface area contributed by atoms with Gasteiger partial charge in [0.15, 0.2) is 28.6 Å². The first-order chi connectivity index (χ1) is 19.1. The lowest BCUT2D eigenvalue weighted by Crippen LogP contribution is -3.01. The molecule has 0 saturated heterocycles. The number of aryl methyl sites for hydroxylation is 1. The second kappa shape index (κ2) is 12.2. The summed E-state index contributed by atoms with van der Waals surface area (Å²) in [5.41, 5.74) is 0.873. The Morgan fingerprint density at radius 3 is 2.35 bits per heavy atom. The van der Waals surface area contributed by atoms with E-state index in [0.29, 0.717) is 17.0 Å². The van der Waals surface area contributed by atoms with E-state index in [-0.39, 0.29) is 52.8 Å². The number of hydrogen-bond acceptors (Lipinski definition) is 10. The van der Waals surface area contributed by atoms with Crippen molar-refractivity contribution < 1.29 is 45.9 Å². The number of amides is 1. The fourth-order valence-electron chi connectivity index (χ4n) is 4.04. The van der Waals surface area contributed by atoms with Crippen LogP contribution in [-0.2, 0) is 11.2 Å². The summed E-state index contributed by atoms with van der Waals surface area (Å²) in [6.45, 7) is 0. The van der Waals surface area contributed by atoms with Gasteiger partial charge in [0.2, 0.25) is 5.91 Å². The molecule has 4 rings (SSSR count). The number of methoxy groups -OCH3 is 1. The first-order valence-corrected chi connectivity index (χ1v) is 11.8. The van der Waals surface area contributed by atoms with E-state index in [4.69, 9.17) is 4.74 Å². The van der Waals surface area contributed by atoms with Crippen molar-refractivity contribution in [3.05, 3.63) is 88.0 Å². The van der Waals surface area contributed by atoms with E-state index in [1.807, 2.05) is 0 Å². The lowest BCUT2D eigenvalue weighted by Gasteiger charge is -2.19. The summed E-state index contributed by atoms with van der Waals surface area (Å²) < 4.78 is 6.47. The number of ether oxygens (including phenoxy) is 1. The standard InChI is InChI=1S/C25H26N6O9/c1-40-24-12-15(6-10-23(24)32)19-13-16(8-11-25(33)26-18-4-2-3-5-20(18)30(36)37)28(27-19)21-9-7-17(29(34)35)14-22(21)31(38)39/h2-7,9-10,12-14,29-32,34,36,38H,8,11H2,1H3,(H,26,33). The highest BCUT2D eigenvalue weighted by atomic mass is 16.8. The molecule has 15 nitrogen and oxygen atoms in total. The molecule has 0 bridgehead atoms. The number of aromatic hydroxyl groups is 1. The van der Waals surface area contributed by atoms with Crippen molar-refractivity contribution in [2.75, 3.05) is 12.4 Å². The van der Waals surface area contributed by atoms with E-state index in [2.05, 4.69) is 10.4 Å². The van der Waals surface area contributed by atoms with Gasteiger partial charge in [-0.2, -0.15) is 20.8 Å². The number of para-hydroxylation sites is 2. The second-order valence-electron chi connectivity index (χ2n) is 8.56. The van der Waals surface area contributed by atoms with Crippen molar-refractivity contribution in [3.8, 4) is 28.4 Å². The molecule has 15 heteroatoms. The smallest absolute Gasteiger partial charge is 0.224 e. The lowest BCUT2D eigenvalue weighted by atomic mass is 10.1. The highest BCUT2D eigenvalue weighted by Gasteiger charge is 2.21. The van der Waals surface area contributed by atoms with Crippen molar-refractivity contribution >= 4 is 28.7 Å². The normalized spacial score (nSPS) is 13.5. The second-order valence-corrected chi connectivity index (χ2v) is 8.56. The maximum atomic E-state index is 12.8. The molecular formula is C25H26N6O9. The first-order valence-electron chi connectivity index (χ1n) is 11.8. The summed E-state index contributed by atoms with van der Waals surface area (Å²) in [6.07, 6.45) is -0.0589. The largest absolute Gasteiger partial charge is 0.595 e. The minimum absolute atomic E-state index is 0.0586. The molecule has 4 aromatic rings. The molecule has 8 N–H and O–H groups in total. The van der Waals surface area contributed by atoms with Crippen LogP contribution in [0.15, 0.2) is 66.7 Å². The topological polar surface area (TPSA) is 220 Å². The SMILES string of the molecule is COc1cc(-c2cc(CCC(=O)Nc3ccccc3[NH+]([O-])O)n(-c3ccc([NH+]([O-])O)cc3[NH+]([O-])O)n2)ccc1O. The number of carbonyl (C=O) groups is 1. The molecule has 210 valence electrons. The van der Waals surface area contributed by atoms with Gasteiger partial charge in [-0.1, -0.05) is 12.1 Å². The van der Waals surface area contributed by atoms with Crippen molar-refractivity contribution in [2.24, 2.45) is 0 Å². The van der Waals surface area contributed by atoms with Crippen molar-refractivity contribution in [3.63, 3.8) is 0 Å². The summed E-state index contributed by atoms with van der Waals surface area (Å²) in [5.74, 6) is -0.405. The van der Waals surface area contributed by atoms with Crippen LogP contribution in [0.5, 0.6) is 11.5 Å². The van der Waals surface area contributed by atoms with Crippen LogP contribution in [0.25, 0.3) is 16.9 Å². The molecule has 0 fully saturated rings. The van der Waals surface area contributed by atoms with Gasteiger partial charge in [0.1, 0.15) is 11.4 Å². The molecule has 0 saturated carbocycles. The van der Waals surface area contributed by atoms with Gasteiger partial charge in [0.25, 0.3) is 0 Å². The van der Waals surface area contributed by atoms with Crippen LogP contribution in [0.1, 0.15) is 12.1 Å². The van der Waals surface area contributed by atoms with Crippen LogP contribution in [0.4, 0.5) is 22.7 Å². The number of hydrogen-bond donors (Lipinski definition) is 8. The number of nitrogens with one attached hydrogen (secondary N) is 4. The van der Waals surface area contributed by atoms with Gasteiger partial charge in [0, 0.05) is 29.8 Å². The van der Waals surface area contributed by atoms with E-state index in [1.54, 1.807) is 18.2 Å². The summed E-state index contributed by atoms with van der Waals surface area (Å²) >= 11 is 0. The zero-order valence-electron chi connectivity index (χ0n) is 21.0. The Morgan fingerprint density at radius 1 is 0.950 bits per heavy atom. The Labute approximate surface area is 226 Å². The van der Waals surface area contributed by atoms with Gasteiger partial charge in [-0.05, 0) is 42.8 Å². The van der Waals surface area contributed by atoms with Gasteiger partial charge in [-0.25, -0.2) is 20.3 Å². The number of phenols is 1. The quantitative estimate of drug-likeness (QED) is 0.123. The molecule has 40 heavy (non-hydrogen) atoms. The monoisotopic (exact) mass is 554 g/mol. The number of nitrogens with zero attached hydrogens (tertiary/aromatic N) is 2. The minimum atomic E-state index is -1.38. The molecule has 0 radical (unpaired) electrons. The number of anilines is 1. The Kier molecular flexibility index (Phi) is 8.70. The maximum absolute atomic E-state index is 12.8. The Bertz CT molecular complexity index is 1510. The number of carbonyl (C=O) groups excluding carboxylic acids is 1. The van der Waals surface area contributed by atoms with Crippen molar-refractivity contribution in [2.45, 2.75) is 12.8 Å². The zero-order valence-corrected chi connectivity index (χ0v) is 21.0. The molecule has 1 amide bonds. The molecule has 0 aliphatic rings. The predicted molar refractivity (Wildman–Crippen MR) is 138 cm³/mol. The van der Waals surface area contributed by atoms with Crippen LogP contribution in [0.3, 0.4) is 0 Å². The molecule has 0 spiro atoms. The van der Waals surface area contributed by atoms with Crippen LogP contribution in [0.2, 0.25) is 0 Å². The number of phenolic OH excluding ortho intramolecular Hbond substituents is 1. The third kappa shape index (κ3) is 6.24. The lowest BCUT2D eigenvalue weighted by molar-refractivity contribution is -0.996. The van der Waals surface area contributed by atoms with E-state index in [9.17, 15) is 41.1 Å². The highest BCUT2D eigenvalue weighted by molar-refractivity contribution is 5.93. The van der Waals surface area contributed by atoms with E-state index >= 15 is 0 Å². The average molecular weight is 555 g/mol. The summed E-state index contributed by atoms with van der Waals surface area (Å²) in [4.78, 5) is 12.8. The van der Waals surface area contributed by atoms with Gasteiger partial charge in [0.05, 0.1) is 18.9 Å². The summed E-state index contributed by atoms with van der Waals surface area (Å²) in [6, 6.07) is 15.7. The maximum Gasteiger partial charge on any atom is 0.224 e. The predicted octanol–water partition coefficient (Wildman–Crippen LogP) is 0.0350. The molecule has 3 aromatic carbocycles. The van der Waals surface area contributed by atoms with E-state index in [1.165, 1.54) is 54.3 Å². The molecule has 1 heterocycles. The van der Waals surface area contributed by atoms with Crippen molar-refractivity contribution in [1.29, 1.82) is 0 Å². The Balaban J connectivity index is 1.72. The number of aromatic nitrogens is 2. The molecule has 0 aliphatic heterocycles. The van der Waals surface area contributed by atoms with E-state index in [0.717, 1.165) is 6.07 Å². The molecule has 1 aromatic heterocycles. The number of rotatable bonds is 10. The zero-order chi connectivity index (χ0) is 29.0. The summed E-state index contributed by atoms with van der Waals surface area (Å²) in [7, 11) is 1.38. The van der Waals surface area contributed by atoms with Crippen LogP contribution in [0, 0.1) is 15.6 Å².